The highest BCUT2D eigenvalue weighted by atomic mass is 19.4. The van der Waals surface area contributed by atoms with Gasteiger partial charge in [0.2, 0.25) is 0 Å². The van der Waals surface area contributed by atoms with Crippen LogP contribution in [0.1, 0.15) is 24.0 Å². The maximum atomic E-state index is 13.1. The van der Waals surface area contributed by atoms with Crippen LogP contribution in [0.25, 0.3) is 5.57 Å². The topological polar surface area (TPSA) is 69.6 Å². The first-order valence-electron chi connectivity index (χ1n) is 6.97. The van der Waals surface area contributed by atoms with Crippen LogP contribution in [0.2, 0.25) is 0 Å². The van der Waals surface area contributed by atoms with E-state index in [1.807, 2.05) is 0 Å². The van der Waals surface area contributed by atoms with E-state index in [1.54, 1.807) is 6.08 Å². The van der Waals surface area contributed by atoms with Crippen molar-refractivity contribution in [2.45, 2.75) is 31.1 Å². The number of nitrogens with one attached hydrogen (secondary N) is 1. The number of alkyl halides is 3. The molecule has 0 aromatic heterocycles. The second-order valence-electron chi connectivity index (χ2n) is 5.49. The number of hydrogen-bond acceptors (Lipinski definition) is 2. The molecule has 2 unspecified atom stereocenters. The second kappa shape index (κ2) is 5.29. The van der Waals surface area contributed by atoms with Crippen LogP contribution >= 0.6 is 0 Å². The number of hydrogen-bond donors (Lipinski definition) is 2. The molecule has 1 heterocycles. The fourth-order valence-electron chi connectivity index (χ4n) is 3.15. The summed E-state index contributed by atoms with van der Waals surface area (Å²) in [6.07, 6.45) is -3.89. The van der Waals surface area contributed by atoms with E-state index in [-0.39, 0.29) is 18.4 Å². The predicted octanol–water partition coefficient (Wildman–Crippen LogP) is 3.32. The first kappa shape index (κ1) is 15.4. The third kappa shape index (κ3) is 2.64. The van der Waals surface area contributed by atoms with Crippen molar-refractivity contribution in [3.8, 4) is 0 Å². The minimum atomic E-state index is -4.47. The highest BCUT2D eigenvalue weighted by molar-refractivity contribution is 5.93. The summed E-state index contributed by atoms with van der Waals surface area (Å²) in [6, 6.07) is 3.42. The molecular weight excluding hydrogens is 313 g/mol. The number of carboxylic acid groups (broad SMARTS) is 1. The molecule has 0 saturated carbocycles. The quantitative estimate of drug-likeness (QED) is 0.832. The third-order valence-corrected chi connectivity index (χ3v) is 4.15. The number of carbonyl (C=O) groups excluding carboxylic acids is 1. The third-order valence-electron chi connectivity index (χ3n) is 4.15. The van der Waals surface area contributed by atoms with Crippen LogP contribution < -0.4 is 5.32 Å². The van der Waals surface area contributed by atoms with E-state index in [0.717, 1.165) is 6.07 Å². The second-order valence-corrected chi connectivity index (χ2v) is 5.49. The normalized spacial score (nSPS) is 24.0. The summed E-state index contributed by atoms with van der Waals surface area (Å²) in [7, 11) is 0. The highest BCUT2D eigenvalue weighted by Crippen LogP contribution is 2.39. The summed E-state index contributed by atoms with van der Waals surface area (Å²) in [5.41, 5.74) is -0.197. The number of imide groups is 1. The number of fused-ring (bicyclic) bond motifs is 1. The van der Waals surface area contributed by atoms with E-state index in [2.05, 4.69) is 5.32 Å². The van der Waals surface area contributed by atoms with Gasteiger partial charge in [0.15, 0.2) is 0 Å². The smallest absolute Gasteiger partial charge is 0.416 e. The Morgan fingerprint density at radius 3 is 2.65 bits per heavy atom. The first-order chi connectivity index (χ1) is 10.8. The number of rotatable bonds is 1. The zero-order valence-corrected chi connectivity index (χ0v) is 11.8. The Morgan fingerprint density at radius 1 is 1.30 bits per heavy atom. The fourth-order valence-corrected chi connectivity index (χ4v) is 3.15. The van der Waals surface area contributed by atoms with Crippen LogP contribution in [0.15, 0.2) is 30.3 Å². The lowest BCUT2D eigenvalue weighted by Gasteiger charge is -2.28. The van der Waals surface area contributed by atoms with Crippen molar-refractivity contribution >= 4 is 17.7 Å². The van der Waals surface area contributed by atoms with E-state index in [0.29, 0.717) is 10.5 Å². The molecule has 23 heavy (non-hydrogen) atoms. The van der Waals surface area contributed by atoms with Gasteiger partial charge in [-0.1, -0.05) is 24.3 Å². The molecule has 1 saturated heterocycles. The van der Waals surface area contributed by atoms with Crippen molar-refractivity contribution in [3.63, 3.8) is 0 Å². The van der Waals surface area contributed by atoms with E-state index in [4.69, 9.17) is 5.11 Å². The van der Waals surface area contributed by atoms with Gasteiger partial charge in [0.1, 0.15) is 0 Å². The van der Waals surface area contributed by atoms with E-state index in [1.165, 1.54) is 18.2 Å². The van der Waals surface area contributed by atoms with Crippen molar-refractivity contribution in [1.29, 1.82) is 0 Å². The minimum Gasteiger partial charge on any atom is -0.465 e. The van der Waals surface area contributed by atoms with E-state index >= 15 is 0 Å². The molecule has 0 bridgehead atoms. The van der Waals surface area contributed by atoms with Crippen LogP contribution in [0.4, 0.5) is 22.8 Å². The van der Waals surface area contributed by atoms with Gasteiger partial charge >= 0.3 is 18.3 Å². The average Bonchev–Trinajstić information content (AvgIpc) is 2.81. The monoisotopic (exact) mass is 326 g/mol. The minimum absolute atomic E-state index is 0.0708. The first-order valence-corrected chi connectivity index (χ1v) is 6.97. The van der Waals surface area contributed by atoms with Gasteiger partial charge in [0.25, 0.3) is 0 Å². The molecule has 0 spiro atoms. The zero-order valence-electron chi connectivity index (χ0n) is 11.8. The SMILES string of the molecule is O=C(O)N1C(=O)NC2CC(c3ccccc3C(F)(F)F)=CCC21. The Balaban J connectivity index is 1.93. The summed E-state index contributed by atoms with van der Waals surface area (Å²) in [5, 5.41) is 11.6. The molecule has 3 rings (SSSR count). The Labute approximate surface area is 129 Å². The number of carbonyl (C=O) groups is 2. The Morgan fingerprint density at radius 2 is 2.00 bits per heavy atom. The molecule has 1 aromatic carbocycles. The van der Waals surface area contributed by atoms with Crippen LogP contribution in [0.5, 0.6) is 0 Å². The molecule has 1 aromatic rings. The van der Waals surface area contributed by atoms with Crippen molar-refractivity contribution < 1.29 is 27.9 Å². The molecule has 1 aliphatic carbocycles. The van der Waals surface area contributed by atoms with Crippen molar-refractivity contribution in [2.75, 3.05) is 0 Å². The van der Waals surface area contributed by atoms with Crippen molar-refractivity contribution in [1.82, 2.24) is 10.2 Å². The van der Waals surface area contributed by atoms with Crippen molar-refractivity contribution in [2.24, 2.45) is 0 Å². The average molecular weight is 326 g/mol. The summed E-state index contributed by atoms with van der Waals surface area (Å²) >= 11 is 0. The molecule has 2 N–H and O–H groups in total. The molecule has 1 fully saturated rings. The molecule has 2 aliphatic rings. The highest BCUT2D eigenvalue weighted by Gasteiger charge is 2.45. The maximum absolute atomic E-state index is 13.1. The van der Waals surface area contributed by atoms with Gasteiger partial charge < -0.3 is 10.4 Å². The van der Waals surface area contributed by atoms with Crippen LogP contribution in [0, 0.1) is 0 Å². The van der Waals surface area contributed by atoms with Gasteiger partial charge in [0, 0.05) is 0 Å². The molecule has 5 nitrogen and oxygen atoms in total. The Kier molecular flexibility index (Phi) is 3.54. The lowest BCUT2D eigenvalue weighted by Crippen LogP contribution is -2.41. The van der Waals surface area contributed by atoms with Gasteiger partial charge in [-0.25, -0.2) is 14.5 Å². The number of halogens is 3. The number of amides is 3. The Bertz CT molecular complexity index is 699. The lowest BCUT2D eigenvalue weighted by molar-refractivity contribution is -0.137. The molecule has 122 valence electrons. The van der Waals surface area contributed by atoms with E-state index < -0.39 is 35.9 Å². The molecule has 0 radical (unpaired) electrons. The Hall–Kier alpha value is -2.51. The standard InChI is InChI=1S/C15H13F3N2O3/c16-15(17,18)10-4-2-1-3-9(10)8-5-6-12-11(7-8)19-13(21)20(12)14(22)23/h1-5,11-12H,6-7H2,(H,19,21)(H,22,23). The van der Waals surface area contributed by atoms with Gasteiger partial charge in [-0.3, -0.25) is 0 Å². The van der Waals surface area contributed by atoms with Crippen LogP contribution in [0.3, 0.4) is 0 Å². The van der Waals surface area contributed by atoms with Crippen LogP contribution in [-0.2, 0) is 6.18 Å². The molecular formula is C15H13F3N2O3. The van der Waals surface area contributed by atoms with Gasteiger partial charge in [-0.15, -0.1) is 0 Å². The molecule has 2 atom stereocenters. The molecule has 1 aliphatic heterocycles. The maximum Gasteiger partial charge on any atom is 0.416 e. The van der Waals surface area contributed by atoms with Gasteiger partial charge in [-0.05, 0) is 30.0 Å². The molecule has 8 heteroatoms. The van der Waals surface area contributed by atoms with Crippen molar-refractivity contribution in [3.05, 3.63) is 41.5 Å². The number of benzene rings is 1. The summed E-state index contributed by atoms with van der Waals surface area (Å²) in [5.74, 6) is 0. The fraction of sp³-hybridized carbons (Fsp3) is 0.333. The number of nitrogens with zero attached hydrogens (tertiary/aromatic N) is 1. The van der Waals surface area contributed by atoms with Gasteiger partial charge in [-0.2, -0.15) is 13.2 Å². The van der Waals surface area contributed by atoms with E-state index in [9.17, 15) is 22.8 Å². The van der Waals surface area contributed by atoms with Crippen LogP contribution in [-0.4, -0.2) is 34.2 Å². The summed E-state index contributed by atoms with van der Waals surface area (Å²) in [4.78, 5) is 23.5. The zero-order chi connectivity index (χ0) is 16.8. The summed E-state index contributed by atoms with van der Waals surface area (Å²) < 4.78 is 39.4. The lowest BCUT2D eigenvalue weighted by atomic mass is 9.85. The number of urea groups is 1. The summed E-state index contributed by atoms with van der Waals surface area (Å²) in [6.45, 7) is 0. The molecule has 3 amide bonds. The van der Waals surface area contributed by atoms with Gasteiger partial charge in [0.05, 0.1) is 17.6 Å². The largest absolute Gasteiger partial charge is 0.465 e. The predicted molar refractivity (Wildman–Crippen MR) is 74.6 cm³/mol.